The summed E-state index contributed by atoms with van der Waals surface area (Å²) in [5.74, 6) is 1.45. The van der Waals surface area contributed by atoms with Gasteiger partial charge in [0.15, 0.2) is 0 Å². The molecule has 1 saturated carbocycles. The maximum atomic E-state index is 11.2. The molecule has 2 atom stereocenters. The first-order valence-electron chi connectivity index (χ1n) is 4.05. The Bertz CT molecular complexity index is 181. The molecule has 0 N–H and O–H groups in total. The van der Waals surface area contributed by atoms with E-state index in [1.54, 1.807) is 0 Å². The Morgan fingerprint density at radius 2 is 2.30 bits per heavy atom. The largest absolute Gasteiger partial charge is 0.299 e. The minimum absolute atomic E-state index is 0.291. The molecule has 0 spiro atoms. The van der Waals surface area contributed by atoms with E-state index in [2.05, 4.69) is 12.2 Å². The van der Waals surface area contributed by atoms with E-state index in [1.807, 2.05) is 0 Å². The van der Waals surface area contributed by atoms with Crippen LogP contribution in [0.4, 0.5) is 0 Å². The van der Waals surface area contributed by atoms with Gasteiger partial charge in [0.2, 0.25) is 0 Å². The van der Waals surface area contributed by atoms with Crippen molar-refractivity contribution in [3.8, 4) is 0 Å². The van der Waals surface area contributed by atoms with E-state index >= 15 is 0 Å². The van der Waals surface area contributed by atoms with Gasteiger partial charge in [-0.15, -0.1) is 0 Å². The van der Waals surface area contributed by atoms with Gasteiger partial charge in [0.1, 0.15) is 5.78 Å². The van der Waals surface area contributed by atoms with E-state index in [9.17, 15) is 4.79 Å². The van der Waals surface area contributed by atoms with Gasteiger partial charge < -0.3 is 0 Å². The predicted octanol–water partition coefficient (Wildman–Crippen LogP) is 1.93. The summed E-state index contributed by atoms with van der Waals surface area (Å²) in [5.41, 5.74) is 0. The lowest BCUT2D eigenvalue weighted by Gasteiger charge is -2.20. The van der Waals surface area contributed by atoms with Gasteiger partial charge in [0.25, 0.3) is 0 Å². The molecule has 0 radical (unpaired) electrons. The predicted molar refractivity (Wildman–Crippen MR) is 39.6 cm³/mol. The molecular weight excluding hydrogens is 124 g/mol. The fourth-order valence-corrected chi connectivity index (χ4v) is 1.95. The second-order valence-corrected chi connectivity index (χ2v) is 3.38. The Kier molecular flexibility index (Phi) is 1.37. The highest BCUT2D eigenvalue weighted by Gasteiger charge is 2.28. The summed E-state index contributed by atoms with van der Waals surface area (Å²) in [4.78, 5) is 11.2. The van der Waals surface area contributed by atoms with Crippen LogP contribution in [0.25, 0.3) is 0 Å². The van der Waals surface area contributed by atoms with E-state index in [4.69, 9.17) is 0 Å². The van der Waals surface area contributed by atoms with E-state index in [1.165, 1.54) is 6.42 Å². The second-order valence-electron chi connectivity index (χ2n) is 3.38. The van der Waals surface area contributed by atoms with E-state index < -0.39 is 0 Å². The maximum Gasteiger partial charge on any atom is 0.140 e. The molecule has 2 bridgehead atoms. The van der Waals surface area contributed by atoms with Gasteiger partial charge in [-0.3, -0.25) is 4.79 Å². The summed E-state index contributed by atoms with van der Waals surface area (Å²) in [6, 6.07) is 0. The third-order valence-electron chi connectivity index (χ3n) is 2.63. The van der Waals surface area contributed by atoms with Crippen LogP contribution in [0, 0.1) is 11.8 Å². The standard InChI is InChI=1S/C9H12O/c10-9-6-7-2-1-3-8(9)5-4-7/h1,3,7-8H,2,4-6H2. The highest BCUT2D eigenvalue weighted by molar-refractivity contribution is 5.84. The van der Waals surface area contributed by atoms with Crippen molar-refractivity contribution in [3.63, 3.8) is 0 Å². The number of Topliss-reactive ketones (excluding diaryl/α,β-unsaturated/α-hetero) is 1. The lowest BCUT2D eigenvalue weighted by molar-refractivity contribution is -0.124. The molecule has 54 valence electrons. The van der Waals surface area contributed by atoms with Crippen molar-refractivity contribution >= 4 is 5.78 Å². The lowest BCUT2D eigenvalue weighted by atomic mass is 9.83. The van der Waals surface area contributed by atoms with Crippen molar-refractivity contribution in [2.24, 2.45) is 11.8 Å². The average molecular weight is 136 g/mol. The van der Waals surface area contributed by atoms with Crippen LogP contribution in [0.3, 0.4) is 0 Å². The first kappa shape index (κ1) is 6.14. The molecule has 1 fully saturated rings. The van der Waals surface area contributed by atoms with Crippen molar-refractivity contribution in [3.05, 3.63) is 12.2 Å². The first-order chi connectivity index (χ1) is 4.86. The highest BCUT2D eigenvalue weighted by atomic mass is 16.1. The van der Waals surface area contributed by atoms with Gasteiger partial charge in [-0.2, -0.15) is 0 Å². The molecule has 3 aliphatic rings. The monoisotopic (exact) mass is 136 g/mol. The molecule has 0 aliphatic heterocycles. The molecule has 0 heterocycles. The third kappa shape index (κ3) is 0.898. The topological polar surface area (TPSA) is 17.1 Å². The van der Waals surface area contributed by atoms with Crippen molar-refractivity contribution in [1.29, 1.82) is 0 Å². The Labute approximate surface area is 61.1 Å². The zero-order chi connectivity index (χ0) is 6.97. The molecule has 2 unspecified atom stereocenters. The molecule has 10 heavy (non-hydrogen) atoms. The molecule has 0 amide bonds. The van der Waals surface area contributed by atoms with Gasteiger partial charge in [-0.05, 0) is 25.2 Å². The zero-order valence-corrected chi connectivity index (χ0v) is 6.05. The van der Waals surface area contributed by atoms with Crippen LogP contribution in [0.2, 0.25) is 0 Å². The zero-order valence-electron chi connectivity index (χ0n) is 6.05. The van der Waals surface area contributed by atoms with Crippen molar-refractivity contribution in [1.82, 2.24) is 0 Å². The van der Waals surface area contributed by atoms with E-state index in [0.717, 1.165) is 19.3 Å². The Hall–Kier alpha value is -0.590. The van der Waals surface area contributed by atoms with Gasteiger partial charge >= 0.3 is 0 Å². The summed E-state index contributed by atoms with van der Waals surface area (Å²) < 4.78 is 0. The molecule has 0 aromatic heterocycles. The number of allylic oxidation sites excluding steroid dienone is 2. The summed E-state index contributed by atoms with van der Waals surface area (Å²) >= 11 is 0. The Balaban J connectivity index is 2.24. The quantitative estimate of drug-likeness (QED) is 0.465. The minimum atomic E-state index is 0.291. The third-order valence-corrected chi connectivity index (χ3v) is 2.63. The Morgan fingerprint density at radius 3 is 3.10 bits per heavy atom. The number of carbonyl (C=O) groups is 1. The number of carbonyl (C=O) groups excluding carboxylic acids is 1. The normalized spacial score (nSPS) is 38.2. The van der Waals surface area contributed by atoms with Crippen LogP contribution >= 0.6 is 0 Å². The number of hydrogen-bond donors (Lipinski definition) is 0. The molecule has 0 aromatic rings. The van der Waals surface area contributed by atoms with Crippen LogP contribution in [-0.2, 0) is 4.79 Å². The summed E-state index contributed by atoms with van der Waals surface area (Å²) in [5, 5.41) is 0. The highest BCUT2D eigenvalue weighted by Crippen LogP contribution is 2.32. The molecule has 0 aromatic carbocycles. The number of fused-ring (bicyclic) bond motifs is 3. The fraction of sp³-hybridized carbons (Fsp3) is 0.667. The lowest BCUT2D eigenvalue weighted by Crippen LogP contribution is -2.20. The molecule has 3 rings (SSSR count). The molecule has 3 aliphatic carbocycles. The molecular formula is C9H12O. The van der Waals surface area contributed by atoms with Crippen LogP contribution in [0.1, 0.15) is 25.7 Å². The van der Waals surface area contributed by atoms with E-state index in [-0.39, 0.29) is 0 Å². The van der Waals surface area contributed by atoms with Gasteiger partial charge in [-0.1, -0.05) is 12.2 Å². The molecule has 0 saturated heterocycles. The number of hydrogen-bond acceptors (Lipinski definition) is 1. The van der Waals surface area contributed by atoms with Crippen LogP contribution in [0.15, 0.2) is 12.2 Å². The van der Waals surface area contributed by atoms with Crippen LogP contribution < -0.4 is 0 Å². The summed E-state index contributed by atoms with van der Waals surface area (Å²) in [6.45, 7) is 0. The number of ketones is 1. The fourth-order valence-electron chi connectivity index (χ4n) is 1.95. The summed E-state index contributed by atoms with van der Waals surface area (Å²) in [7, 11) is 0. The smallest absolute Gasteiger partial charge is 0.140 e. The summed E-state index contributed by atoms with van der Waals surface area (Å²) in [6.07, 6.45) is 8.66. The van der Waals surface area contributed by atoms with Gasteiger partial charge in [0.05, 0.1) is 0 Å². The van der Waals surface area contributed by atoms with E-state index in [0.29, 0.717) is 17.6 Å². The SMILES string of the molecule is O=C1CC2CC=CC1CC2. The van der Waals surface area contributed by atoms with Gasteiger partial charge in [-0.25, -0.2) is 0 Å². The van der Waals surface area contributed by atoms with Crippen molar-refractivity contribution < 1.29 is 4.79 Å². The minimum Gasteiger partial charge on any atom is -0.299 e. The second kappa shape index (κ2) is 2.22. The maximum absolute atomic E-state index is 11.2. The molecule has 1 heteroatoms. The number of rotatable bonds is 0. The average Bonchev–Trinajstić information content (AvgIpc) is 2.20. The van der Waals surface area contributed by atoms with Crippen molar-refractivity contribution in [2.45, 2.75) is 25.7 Å². The molecule has 1 nitrogen and oxygen atoms in total. The van der Waals surface area contributed by atoms with Gasteiger partial charge in [0, 0.05) is 12.3 Å². The van der Waals surface area contributed by atoms with Crippen LogP contribution in [0.5, 0.6) is 0 Å². The van der Waals surface area contributed by atoms with Crippen molar-refractivity contribution in [2.75, 3.05) is 0 Å². The van der Waals surface area contributed by atoms with Crippen LogP contribution in [-0.4, -0.2) is 5.78 Å². The first-order valence-corrected chi connectivity index (χ1v) is 4.05. The Morgan fingerprint density at radius 1 is 1.40 bits per heavy atom.